The quantitative estimate of drug-likeness (QED) is 0.826. The van der Waals surface area contributed by atoms with Gasteiger partial charge in [-0.3, -0.25) is 4.90 Å². The molecule has 0 bridgehead atoms. The fourth-order valence-electron chi connectivity index (χ4n) is 4.11. The summed E-state index contributed by atoms with van der Waals surface area (Å²) in [4.78, 5) is 22.4. The molecule has 4 rings (SSSR count). The van der Waals surface area contributed by atoms with Crippen LogP contribution in [0.3, 0.4) is 0 Å². The number of rotatable bonds is 3. The summed E-state index contributed by atoms with van der Waals surface area (Å²) < 4.78 is 5.56. The average Bonchev–Trinajstić information content (AvgIpc) is 3.26. The Bertz CT molecular complexity index is 831. The Hall–Kier alpha value is -2.34. The summed E-state index contributed by atoms with van der Waals surface area (Å²) in [5.74, 6) is 1.42. The third-order valence-corrected chi connectivity index (χ3v) is 5.65. The Kier molecular flexibility index (Phi) is 4.91. The number of imidazole rings is 1. The van der Waals surface area contributed by atoms with Crippen LogP contribution in [0.15, 0.2) is 30.5 Å². The molecule has 2 fully saturated rings. The maximum Gasteiger partial charge on any atom is 0.410 e. The van der Waals surface area contributed by atoms with Gasteiger partial charge in [0, 0.05) is 24.3 Å². The number of amides is 1. The van der Waals surface area contributed by atoms with Gasteiger partial charge in [-0.1, -0.05) is 24.3 Å². The highest BCUT2D eigenvalue weighted by Crippen LogP contribution is 2.37. The number of nitrogens with one attached hydrogen (secondary N) is 1. The van der Waals surface area contributed by atoms with Gasteiger partial charge in [-0.25, -0.2) is 9.78 Å². The van der Waals surface area contributed by atoms with Crippen LogP contribution in [0.5, 0.6) is 0 Å². The van der Waals surface area contributed by atoms with Crippen LogP contribution in [-0.4, -0.2) is 39.1 Å². The van der Waals surface area contributed by atoms with Crippen molar-refractivity contribution >= 4 is 6.09 Å². The number of hydrogen-bond acceptors (Lipinski definition) is 4. The Morgan fingerprint density at radius 2 is 1.96 bits per heavy atom. The maximum absolute atomic E-state index is 12.5. The van der Waals surface area contributed by atoms with Crippen molar-refractivity contribution in [1.29, 1.82) is 0 Å². The van der Waals surface area contributed by atoms with Crippen LogP contribution in [0, 0.1) is 0 Å². The first kappa shape index (κ1) is 19.0. The van der Waals surface area contributed by atoms with Crippen molar-refractivity contribution in [3.63, 3.8) is 0 Å². The average molecular weight is 383 g/mol. The van der Waals surface area contributed by atoms with E-state index in [1.54, 1.807) is 4.90 Å². The Labute approximate surface area is 166 Å². The molecule has 1 unspecified atom stereocenters. The lowest BCUT2D eigenvalue weighted by atomic mass is 9.76. The first-order chi connectivity index (χ1) is 13.3. The Morgan fingerprint density at radius 3 is 2.61 bits per heavy atom. The van der Waals surface area contributed by atoms with Crippen LogP contribution in [0.1, 0.15) is 69.8 Å². The zero-order chi connectivity index (χ0) is 19.9. The van der Waals surface area contributed by atoms with Gasteiger partial charge in [0.25, 0.3) is 0 Å². The predicted octanol–water partition coefficient (Wildman–Crippen LogP) is 4.35. The highest BCUT2D eigenvalue weighted by Gasteiger charge is 2.35. The zero-order valence-electron chi connectivity index (χ0n) is 16.9. The topological polar surface area (TPSA) is 84.2 Å². The number of H-pyrrole nitrogens is 1. The molecule has 1 saturated carbocycles. The number of ether oxygens (including phenoxy) is 1. The predicted molar refractivity (Wildman–Crippen MR) is 109 cm³/mol. The third-order valence-electron chi connectivity index (χ3n) is 5.65. The smallest absolute Gasteiger partial charge is 0.410 e. The summed E-state index contributed by atoms with van der Waals surface area (Å²) in [6, 6.07) is 8.92. The molecule has 2 aliphatic rings. The molecule has 1 atom stereocenters. The van der Waals surface area contributed by atoms with Gasteiger partial charge < -0.3 is 15.5 Å². The van der Waals surface area contributed by atoms with Crippen LogP contribution in [-0.2, 0) is 4.74 Å². The van der Waals surface area contributed by atoms with Gasteiger partial charge in [-0.2, -0.15) is 0 Å². The second-order valence-electron chi connectivity index (χ2n) is 9.05. The molecule has 2 aromatic rings. The molecule has 1 amide bonds. The molecule has 28 heavy (non-hydrogen) atoms. The SMILES string of the molecule is CC(C)(C)OC(=O)N1CCCC1c1nc(-c2ccc(C3CC(N)C3)cc2)c[nH]1. The van der Waals surface area contributed by atoms with Gasteiger partial charge >= 0.3 is 6.09 Å². The van der Waals surface area contributed by atoms with E-state index in [0.29, 0.717) is 18.5 Å². The van der Waals surface area contributed by atoms with Crippen LogP contribution >= 0.6 is 0 Å². The molecule has 1 aliphatic carbocycles. The van der Waals surface area contributed by atoms with Crippen molar-refractivity contribution in [1.82, 2.24) is 14.9 Å². The lowest BCUT2D eigenvalue weighted by Crippen LogP contribution is -2.36. The van der Waals surface area contributed by atoms with Crippen molar-refractivity contribution in [2.75, 3.05) is 6.54 Å². The third kappa shape index (κ3) is 3.92. The molecule has 0 spiro atoms. The first-order valence-electron chi connectivity index (χ1n) is 10.2. The molecular weight excluding hydrogens is 352 g/mol. The van der Waals surface area contributed by atoms with Crippen LogP contribution in [0.25, 0.3) is 11.3 Å². The van der Waals surface area contributed by atoms with Gasteiger partial charge in [0.05, 0.1) is 11.7 Å². The number of carbonyl (C=O) groups excluding carboxylic acids is 1. The van der Waals surface area contributed by atoms with Crippen molar-refractivity contribution in [3.8, 4) is 11.3 Å². The number of likely N-dealkylation sites (tertiary alicyclic amines) is 1. The molecule has 3 N–H and O–H groups in total. The van der Waals surface area contributed by atoms with E-state index < -0.39 is 5.60 Å². The normalized spacial score (nSPS) is 24.9. The number of nitrogens with two attached hydrogens (primary N) is 1. The van der Waals surface area contributed by atoms with Crippen molar-refractivity contribution in [2.24, 2.45) is 5.73 Å². The van der Waals surface area contributed by atoms with E-state index in [4.69, 9.17) is 15.5 Å². The molecule has 150 valence electrons. The van der Waals surface area contributed by atoms with Crippen molar-refractivity contribution in [2.45, 2.75) is 70.1 Å². The second-order valence-corrected chi connectivity index (χ2v) is 9.05. The minimum atomic E-state index is -0.495. The van der Waals surface area contributed by atoms with Crippen molar-refractivity contribution in [3.05, 3.63) is 41.9 Å². The minimum absolute atomic E-state index is 0.0562. The molecule has 0 radical (unpaired) electrons. The fourth-order valence-corrected chi connectivity index (χ4v) is 4.11. The molecule has 1 aromatic heterocycles. The van der Waals surface area contributed by atoms with Gasteiger partial charge in [0.1, 0.15) is 11.4 Å². The lowest BCUT2D eigenvalue weighted by Gasteiger charge is -2.32. The van der Waals surface area contributed by atoms with Gasteiger partial charge in [-0.15, -0.1) is 0 Å². The van der Waals surface area contributed by atoms with Gasteiger partial charge in [0.15, 0.2) is 0 Å². The summed E-state index contributed by atoms with van der Waals surface area (Å²) in [5.41, 5.74) is 8.75. The van der Waals surface area contributed by atoms with E-state index in [1.807, 2.05) is 27.0 Å². The Morgan fingerprint density at radius 1 is 1.25 bits per heavy atom. The van der Waals surface area contributed by atoms with Crippen molar-refractivity contribution < 1.29 is 9.53 Å². The van der Waals surface area contributed by atoms with E-state index in [9.17, 15) is 4.79 Å². The maximum atomic E-state index is 12.5. The number of hydrogen-bond donors (Lipinski definition) is 2. The molecule has 2 heterocycles. The highest BCUT2D eigenvalue weighted by atomic mass is 16.6. The van der Waals surface area contributed by atoms with Gasteiger partial charge in [-0.05, 0) is 57.9 Å². The number of carbonyl (C=O) groups is 1. The lowest BCUT2D eigenvalue weighted by molar-refractivity contribution is 0.0219. The van der Waals surface area contributed by atoms with E-state index in [2.05, 4.69) is 29.2 Å². The molecule has 1 saturated heterocycles. The summed E-state index contributed by atoms with van der Waals surface area (Å²) in [5, 5.41) is 0. The summed E-state index contributed by atoms with van der Waals surface area (Å²) in [7, 11) is 0. The summed E-state index contributed by atoms with van der Waals surface area (Å²) >= 11 is 0. The summed E-state index contributed by atoms with van der Waals surface area (Å²) in [6.45, 7) is 6.37. The van der Waals surface area contributed by atoms with E-state index in [-0.39, 0.29) is 12.1 Å². The second kappa shape index (κ2) is 7.24. The van der Waals surface area contributed by atoms with E-state index in [1.165, 1.54) is 5.56 Å². The zero-order valence-corrected chi connectivity index (χ0v) is 16.9. The number of aromatic nitrogens is 2. The number of nitrogens with zero attached hydrogens (tertiary/aromatic N) is 2. The van der Waals surface area contributed by atoms with Gasteiger partial charge in [0.2, 0.25) is 0 Å². The molecule has 1 aromatic carbocycles. The van der Waals surface area contributed by atoms with E-state index >= 15 is 0 Å². The number of aromatic amines is 1. The first-order valence-corrected chi connectivity index (χ1v) is 10.2. The monoisotopic (exact) mass is 382 g/mol. The minimum Gasteiger partial charge on any atom is -0.444 e. The highest BCUT2D eigenvalue weighted by molar-refractivity contribution is 5.69. The summed E-state index contributed by atoms with van der Waals surface area (Å²) in [6.07, 6.45) is 5.67. The van der Waals surface area contributed by atoms with Crippen LogP contribution in [0.2, 0.25) is 0 Å². The fraction of sp³-hybridized carbons (Fsp3) is 0.545. The molecule has 1 aliphatic heterocycles. The van der Waals surface area contributed by atoms with Crippen LogP contribution < -0.4 is 5.73 Å². The molecule has 6 nitrogen and oxygen atoms in total. The Balaban J connectivity index is 1.47. The number of benzene rings is 1. The van der Waals surface area contributed by atoms with E-state index in [0.717, 1.165) is 42.8 Å². The standard InChI is InChI=1S/C22H30N4O2/c1-22(2,3)28-21(27)26-10-4-5-19(26)20-24-13-18(25-20)15-8-6-14(7-9-15)16-11-17(23)12-16/h6-9,13,16-17,19H,4-5,10-12,23H2,1-3H3,(H,24,25). The molecule has 6 heteroatoms. The van der Waals surface area contributed by atoms with Crippen LogP contribution in [0.4, 0.5) is 4.79 Å². The largest absolute Gasteiger partial charge is 0.444 e. The molecular formula is C22H30N4O2.